The minimum absolute atomic E-state index is 0.0619. The molecule has 0 bridgehead atoms. The van der Waals surface area contributed by atoms with E-state index in [4.69, 9.17) is 5.73 Å². The van der Waals surface area contributed by atoms with Crippen molar-refractivity contribution in [1.82, 2.24) is 16.0 Å². The van der Waals surface area contributed by atoms with Crippen LogP contribution in [0.5, 0.6) is 0 Å². The van der Waals surface area contributed by atoms with Gasteiger partial charge in [0.1, 0.15) is 6.29 Å². The van der Waals surface area contributed by atoms with Crippen molar-refractivity contribution in [2.24, 2.45) is 10.7 Å². The van der Waals surface area contributed by atoms with Gasteiger partial charge in [0.05, 0.1) is 28.3 Å². The standard InChI is InChI=1S/C17H22F3N5O2S/c1-3-11-5-9-28-15(11)14(23-7-6-21)13(25-16(27)17(18,19)20)12(4-8-26)24-10-22-2/h4-5,8-10,23H,3,6-7,21H2,1-2H3,(H,22,24)(H,25,27)/b12-4-,14-13+. The second-order valence-corrected chi connectivity index (χ2v) is 6.21. The Bertz CT molecular complexity index is 769. The fraction of sp³-hybridized carbons (Fsp3) is 0.353. The minimum atomic E-state index is -5.11. The third-order valence-corrected chi connectivity index (χ3v) is 4.37. The number of aliphatic imine (C=N–C) groups is 1. The smallest absolute Gasteiger partial charge is 0.381 e. The van der Waals surface area contributed by atoms with Crippen LogP contribution in [0.1, 0.15) is 17.4 Å². The van der Waals surface area contributed by atoms with Gasteiger partial charge in [-0.25, -0.2) is 0 Å². The quantitative estimate of drug-likeness (QED) is 0.152. The number of hydrogen-bond acceptors (Lipinski definition) is 6. The maximum atomic E-state index is 12.9. The largest absolute Gasteiger partial charge is 0.471 e. The molecule has 28 heavy (non-hydrogen) atoms. The van der Waals surface area contributed by atoms with Crippen LogP contribution in [0.2, 0.25) is 0 Å². The molecule has 154 valence electrons. The number of nitrogens with zero attached hydrogens (tertiary/aromatic N) is 1. The average Bonchev–Trinajstić information content (AvgIpc) is 3.12. The zero-order chi connectivity index (χ0) is 21.2. The van der Waals surface area contributed by atoms with E-state index in [0.717, 1.165) is 11.6 Å². The molecule has 11 heteroatoms. The number of hydrogen-bond donors (Lipinski definition) is 4. The number of aldehydes is 1. The van der Waals surface area contributed by atoms with Crippen LogP contribution in [0.15, 0.2) is 33.9 Å². The minimum Gasteiger partial charge on any atom is -0.381 e. The molecule has 0 spiro atoms. The highest BCUT2D eigenvalue weighted by molar-refractivity contribution is 7.11. The number of amides is 1. The van der Waals surface area contributed by atoms with Crippen molar-refractivity contribution >= 4 is 35.6 Å². The van der Waals surface area contributed by atoms with Crippen molar-refractivity contribution in [3.05, 3.63) is 39.4 Å². The van der Waals surface area contributed by atoms with E-state index in [2.05, 4.69) is 15.6 Å². The summed E-state index contributed by atoms with van der Waals surface area (Å²) in [5.74, 6) is -2.17. The van der Waals surface area contributed by atoms with Crippen molar-refractivity contribution in [3.8, 4) is 0 Å². The number of alkyl halides is 3. The molecule has 0 aliphatic carbocycles. The molecule has 1 heterocycles. The second kappa shape index (κ2) is 11.2. The summed E-state index contributed by atoms with van der Waals surface area (Å²) in [7, 11) is 1.44. The molecule has 0 aliphatic rings. The Morgan fingerprint density at radius 2 is 2.11 bits per heavy atom. The predicted octanol–water partition coefficient (Wildman–Crippen LogP) is 1.54. The van der Waals surface area contributed by atoms with E-state index in [1.807, 2.05) is 18.3 Å². The van der Waals surface area contributed by atoms with Gasteiger partial charge in [-0.2, -0.15) is 13.2 Å². The fourth-order valence-electron chi connectivity index (χ4n) is 2.17. The number of rotatable bonds is 10. The summed E-state index contributed by atoms with van der Waals surface area (Å²) in [6, 6.07) is 1.83. The summed E-state index contributed by atoms with van der Waals surface area (Å²) in [6.07, 6.45) is -1.93. The van der Waals surface area contributed by atoms with Crippen LogP contribution >= 0.6 is 11.3 Å². The van der Waals surface area contributed by atoms with Crippen LogP contribution in [-0.4, -0.2) is 44.8 Å². The number of allylic oxidation sites excluding steroid dienone is 1. The van der Waals surface area contributed by atoms with E-state index >= 15 is 0 Å². The summed E-state index contributed by atoms with van der Waals surface area (Å²) < 4.78 is 38.7. The van der Waals surface area contributed by atoms with Gasteiger partial charge in [-0.05, 0) is 23.4 Å². The van der Waals surface area contributed by atoms with Crippen LogP contribution in [0, 0.1) is 0 Å². The lowest BCUT2D eigenvalue weighted by Gasteiger charge is -2.21. The van der Waals surface area contributed by atoms with Crippen LogP contribution in [0.4, 0.5) is 13.2 Å². The van der Waals surface area contributed by atoms with Gasteiger partial charge in [0.15, 0.2) is 0 Å². The monoisotopic (exact) mass is 417 g/mol. The number of carbonyl (C=O) groups excluding carboxylic acids is 2. The van der Waals surface area contributed by atoms with Crippen molar-refractivity contribution in [3.63, 3.8) is 0 Å². The zero-order valence-electron chi connectivity index (χ0n) is 15.4. The van der Waals surface area contributed by atoms with Gasteiger partial charge < -0.3 is 21.7 Å². The number of nitrogens with two attached hydrogens (primary N) is 1. The molecule has 1 aromatic rings. The number of halogens is 3. The zero-order valence-corrected chi connectivity index (χ0v) is 16.2. The Morgan fingerprint density at radius 1 is 1.39 bits per heavy atom. The topological polar surface area (TPSA) is 109 Å². The molecular formula is C17H22F3N5O2S. The number of carbonyl (C=O) groups is 2. The van der Waals surface area contributed by atoms with Gasteiger partial charge in [0.2, 0.25) is 0 Å². The molecular weight excluding hydrogens is 395 g/mol. The summed E-state index contributed by atoms with van der Waals surface area (Å²) in [5.41, 5.74) is 6.31. The number of thiophene rings is 1. The van der Waals surface area contributed by atoms with Gasteiger partial charge in [0.25, 0.3) is 0 Å². The first-order valence-corrected chi connectivity index (χ1v) is 9.14. The first kappa shape index (κ1) is 23.4. The van der Waals surface area contributed by atoms with E-state index in [0.29, 0.717) is 17.6 Å². The number of nitrogens with one attached hydrogen (secondary N) is 3. The summed E-state index contributed by atoms with van der Waals surface area (Å²) in [6.45, 7) is 2.33. The molecule has 5 N–H and O–H groups in total. The average molecular weight is 417 g/mol. The van der Waals surface area contributed by atoms with Crippen LogP contribution < -0.4 is 21.7 Å². The Labute approximate surface area is 164 Å². The first-order chi connectivity index (χ1) is 13.3. The normalized spacial score (nSPS) is 13.3. The lowest BCUT2D eigenvalue weighted by atomic mass is 10.1. The molecule has 0 radical (unpaired) electrons. The van der Waals surface area contributed by atoms with Crippen LogP contribution in [-0.2, 0) is 16.0 Å². The van der Waals surface area contributed by atoms with E-state index in [1.54, 1.807) is 5.38 Å². The van der Waals surface area contributed by atoms with Gasteiger partial charge in [0, 0.05) is 26.2 Å². The lowest BCUT2D eigenvalue weighted by Crippen LogP contribution is -2.40. The molecule has 7 nitrogen and oxygen atoms in total. The highest BCUT2D eigenvalue weighted by Gasteiger charge is 2.40. The molecule has 0 unspecified atom stereocenters. The summed E-state index contributed by atoms with van der Waals surface area (Å²) in [5, 5.41) is 9.23. The van der Waals surface area contributed by atoms with Crippen molar-refractivity contribution in [2.45, 2.75) is 19.5 Å². The van der Waals surface area contributed by atoms with Gasteiger partial charge in [-0.15, -0.1) is 11.3 Å². The Balaban J connectivity index is 3.68. The highest BCUT2D eigenvalue weighted by atomic mass is 32.1. The van der Waals surface area contributed by atoms with Crippen molar-refractivity contribution < 1.29 is 22.8 Å². The lowest BCUT2D eigenvalue weighted by molar-refractivity contribution is -0.172. The van der Waals surface area contributed by atoms with E-state index in [1.165, 1.54) is 24.7 Å². The van der Waals surface area contributed by atoms with Crippen LogP contribution in [0.3, 0.4) is 0 Å². The van der Waals surface area contributed by atoms with Crippen LogP contribution in [0.25, 0.3) is 5.70 Å². The molecule has 0 saturated heterocycles. The molecule has 1 aromatic heterocycles. The van der Waals surface area contributed by atoms with Gasteiger partial charge in [-0.1, -0.05) is 6.92 Å². The third-order valence-electron chi connectivity index (χ3n) is 3.40. The third kappa shape index (κ3) is 6.50. The molecule has 1 rings (SSSR count). The van der Waals surface area contributed by atoms with E-state index < -0.39 is 12.1 Å². The summed E-state index contributed by atoms with van der Waals surface area (Å²) >= 11 is 1.28. The van der Waals surface area contributed by atoms with Crippen molar-refractivity contribution in [1.29, 1.82) is 0 Å². The van der Waals surface area contributed by atoms with E-state index in [-0.39, 0.29) is 30.2 Å². The molecule has 0 atom stereocenters. The molecule has 0 aromatic carbocycles. The Hall–Kier alpha value is -2.66. The molecule has 0 fully saturated rings. The SMILES string of the molecule is CCc1ccsc1/C(NCCN)=C(NC(=O)C(F)(F)F)/C(=C/C=O)NC=NC. The highest BCUT2D eigenvalue weighted by Crippen LogP contribution is 2.28. The predicted molar refractivity (Wildman–Crippen MR) is 104 cm³/mol. The molecule has 1 amide bonds. The first-order valence-electron chi connectivity index (χ1n) is 8.26. The van der Waals surface area contributed by atoms with Gasteiger partial charge in [-0.3, -0.25) is 14.6 Å². The van der Waals surface area contributed by atoms with Crippen molar-refractivity contribution in [2.75, 3.05) is 20.1 Å². The van der Waals surface area contributed by atoms with Gasteiger partial charge >= 0.3 is 12.1 Å². The number of aryl methyl sites for hydroxylation is 1. The maximum absolute atomic E-state index is 12.9. The van der Waals surface area contributed by atoms with E-state index in [9.17, 15) is 22.8 Å². The second-order valence-electron chi connectivity index (χ2n) is 5.29. The molecule has 0 saturated carbocycles. The Morgan fingerprint density at radius 3 is 2.64 bits per heavy atom. The Kier molecular flexibility index (Phi) is 9.39. The maximum Gasteiger partial charge on any atom is 0.471 e. The summed E-state index contributed by atoms with van der Waals surface area (Å²) in [4.78, 5) is 27.0. The molecule has 0 aliphatic heterocycles. The fourth-order valence-corrected chi connectivity index (χ4v) is 3.19.